The van der Waals surface area contributed by atoms with Crippen molar-refractivity contribution in [1.82, 2.24) is 4.90 Å². The lowest BCUT2D eigenvalue weighted by Gasteiger charge is -2.36. The Bertz CT molecular complexity index is 880. The van der Waals surface area contributed by atoms with Crippen LogP contribution in [0.4, 0.5) is 0 Å². The third-order valence-corrected chi connectivity index (χ3v) is 4.75. The number of morpholine rings is 1. The first-order valence-corrected chi connectivity index (χ1v) is 9.18. The van der Waals surface area contributed by atoms with E-state index in [0.29, 0.717) is 6.54 Å². The van der Waals surface area contributed by atoms with Gasteiger partial charge in [0, 0.05) is 30.4 Å². The predicted octanol–water partition coefficient (Wildman–Crippen LogP) is 3.43. The van der Waals surface area contributed by atoms with Crippen LogP contribution in [0.1, 0.15) is 13.8 Å². The van der Waals surface area contributed by atoms with Crippen molar-refractivity contribution in [3.05, 3.63) is 42.5 Å². The minimum Gasteiger partial charge on any atom is -0.491 e. The van der Waals surface area contributed by atoms with Crippen molar-refractivity contribution in [2.45, 2.75) is 32.2 Å². The number of fused-ring (bicyclic) bond motifs is 3. The maximum Gasteiger partial charge on any atom is 0.135 e. The van der Waals surface area contributed by atoms with Crippen molar-refractivity contribution >= 4 is 21.9 Å². The van der Waals surface area contributed by atoms with Crippen molar-refractivity contribution in [2.24, 2.45) is 0 Å². The molecule has 1 aromatic heterocycles. The Morgan fingerprint density at radius 3 is 2.62 bits per heavy atom. The summed E-state index contributed by atoms with van der Waals surface area (Å²) >= 11 is 0. The smallest absolute Gasteiger partial charge is 0.135 e. The minimum absolute atomic E-state index is 0.198. The van der Waals surface area contributed by atoms with Gasteiger partial charge in [-0.1, -0.05) is 18.2 Å². The van der Waals surface area contributed by atoms with Crippen LogP contribution >= 0.6 is 0 Å². The second-order valence-corrected chi connectivity index (χ2v) is 7.20. The van der Waals surface area contributed by atoms with Gasteiger partial charge in [-0.15, -0.1) is 0 Å². The quantitative estimate of drug-likeness (QED) is 0.760. The normalized spacial score (nSPS) is 22.7. The molecular weight excluding hydrogens is 330 g/mol. The number of para-hydroxylation sites is 1. The first-order valence-electron chi connectivity index (χ1n) is 9.18. The highest BCUT2D eigenvalue weighted by Crippen LogP contribution is 2.31. The highest BCUT2D eigenvalue weighted by Gasteiger charge is 2.24. The van der Waals surface area contributed by atoms with Gasteiger partial charge in [0.1, 0.15) is 29.6 Å². The molecule has 1 aliphatic rings. The SMILES string of the molecule is C[C@@H]1CN(C[C@H](O)COc2ccc3oc4ccccc4c3c2)C[C@@H](C)O1. The molecule has 0 unspecified atom stereocenters. The van der Waals surface area contributed by atoms with Crippen LogP contribution in [0.3, 0.4) is 0 Å². The number of benzene rings is 2. The zero-order chi connectivity index (χ0) is 18.1. The number of nitrogens with zero attached hydrogens (tertiary/aromatic N) is 1. The molecule has 0 aliphatic carbocycles. The van der Waals surface area contributed by atoms with E-state index in [2.05, 4.69) is 18.7 Å². The van der Waals surface area contributed by atoms with E-state index in [1.54, 1.807) is 0 Å². The molecule has 1 saturated heterocycles. The lowest BCUT2D eigenvalue weighted by atomic mass is 10.1. The van der Waals surface area contributed by atoms with Crippen LogP contribution in [0.5, 0.6) is 5.75 Å². The van der Waals surface area contributed by atoms with E-state index < -0.39 is 6.10 Å². The van der Waals surface area contributed by atoms with Crippen LogP contribution in [-0.2, 0) is 4.74 Å². The van der Waals surface area contributed by atoms with Gasteiger partial charge in [-0.3, -0.25) is 4.90 Å². The van der Waals surface area contributed by atoms with Gasteiger partial charge in [0.15, 0.2) is 0 Å². The maximum atomic E-state index is 10.4. The van der Waals surface area contributed by atoms with Gasteiger partial charge in [-0.2, -0.15) is 0 Å². The summed E-state index contributed by atoms with van der Waals surface area (Å²) in [6.45, 7) is 6.67. The molecule has 0 spiro atoms. The fourth-order valence-electron chi connectivity index (χ4n) is 3.77. The van der Waals surface area contributed by atoms with Crippen molar-refractivity contribution in [1.29, 1.82) is 0 Å². The maximum absolute atomic E-state index is 10.4. The molecule has 26 heavy (non-hydrogen) atoms. The Morgan fingerprint density at radius 2 is 1.81 bits per heavy atom. The molecule has 0 saturated carbocycles. The Labute approximate surface area is 153 Å². The number of ether oxygens (including phenoxy) is 2. The average molecular weight is 355 g/mol. The van der Waals surface area contributed by atoms with Crippen LogP contribution in [0.15, 0.2) is 46.9 Å². The van der Waals surface area contributed by atoms with Gasteiger partial charge >= 0.3 is 0 Å². The summed E-state index contributed by atoms with van der Waals surface area (Å²) in [7, 11) is 0. The summed E-state index contributed by atoms with van der Waals surface area (Å²) in [4.78, 5) is 2.24. The van der Waals surface area contributed by atoms with Crippen LogP contribution < -0.4 is 4.74 Å². The average Bonchev–Trinajstić information content (AvgIpc) is 2.97. The van der Waals surface area contributed by atoms with Gasteiger partial charge < -0.3 is 19.0 Å². The zero-order valence-corrected chi connectivity index (χ0v) is 15.2. The molecule has 0 bridgehead atoms. The highest BCUT2D eigenvalue weighted by molar-refractivity contribution is 6.05. The Hall–Kier alpha value is -2.08. The summed E-state index contributed by atoms with van der Waals surface area (Å²) in [6.07, 6.45) is -0.142. The molecule has 0 amide bonds. The second-order valence-electron chi connectivity index (χ2n) is 7.20. The van der Waals surface area contributed by atoms with Gasteiger partial charge in [0.05, 0.1) is 12.2 Å². The first kappa shape index (κ1) is 17.3. The van der Waals surface area contributed by atoms with Crippen molar-refractivity contribution in [3.63, 3.8) is 0 Å². The second kappa shape index (κ2) is 7.27. The molecule has 4 rings (SSSR count). The molecule has 1 N–H and O–H groups in total. The van der Waals surface area contributed by atoms with Crippen molar-refractivity contribution < 1.29 is 19.0 Å². The van der Waals surface area contributed by atoms with Gasteiger partial charge in [0.2, 0.25) is 0 Å². The van der Waals surface area contributed by atoms with Crippen LogP contribution in [0, 0.1) is 0 Å². The molecule has 1 fully saturated rings. The zero-order valence-electron chi connectivity index (χ0n) is 15.2. The van der Waals surface area contributed by atoms with Crippen LogP contribution in [-0.4, -0.2) is 54.6 Å². The topological polar surface area (TPSA) is 55.1 Å². The molecular formula is C21H25NO4. The van der Waals surface area contributed by atoms with Crippen LogP contribution in [0.25, 0.3) is 21.9 Å². The fourth-order valence-corrected chi connectivity index (χ4v) is 3.77. The number of rotatable bonds is 5. The number of β-amino-alcohol motifs (C(OH)–C–C–N with tert-alkyl or cyclic N) is 1. The molecule has 1 aliphatic heterocycles. The summed E-state index contributed by atoms with van der Waals surface area (Å²) < 4.78 is 17.4. The summed E-state index contributed by atoms with van der Waals surface area (Å²) in [5, 5.41) is 12.5. The molecule has 2 aromatic carbocycles. The number of hydrogen-bond acceptors (Lipinski definition) is 5. The number of aliphatic hydroxyl groups excluding tert-OH is 1. The summed E-state index contributed by atoms with van der Waals surface area (Å²) in [5.74, 6) is 0.742. The molecule has 0 radical (unpaired) electrons. The number of furan rings is 1. The highest BCUT2D eigenvalue weighted by atomic mass is 16.5. The molecule has 5 nitrogen and oxygen atoms in total. The third-order valence-electron chi connectivity index (χ3n) is 4.75. The number of hydrogen-bond donors (Lipinski definition) is 1. The van der Waals surface area contributed by atoms with Gasteiger partial charge in [-0.05, 0) is 38.1 Å². The molecule has 5 heteroatoms. The molecule has 2 heterocycles. The van der Waals surface area contributed by atoms with E-state index in [0.717, 1.165) is 40.8 Å². The third kappa shape index (κ3) is 3.70. The standard InChI is InChI=1S/C21H25NO4/c1-14-10-22(11-15(2)25-14)12-16(23)13-24-17-7-8-21-19(9-17)18-5-3-4-6-20(18)26-21/h3-9,14-16,23H,10-13H2,1-2H3/t14-,15-,16+/m1/s1. The first-order chi connectivity index (χ1) is 12.6. The lowest BCUT2D eigenvalue weighted by Crippen LogP contribution is -2.48. The van der Waals surface area contributed by atoms with E-state index in [-0.39, 0.29) is 18.8 Å². The number of aliphatic hydroxyl groups is 1. The Morgan fingerprint density at radius 1 is 1.08 bits per heavy atom. The Balaban J connectivity index is 1.40. The Kier molecular flexibility index (Phi) is 4.85. The summed E-state index contributed by atoms with van der Waals surface area (Å²) in [5.41, 5.74) is 1.71. The van der Waals surface area contributed by atoms with E-state index in [4.69, 9.17) is 13.9 Å². The fraction of sp³-hybridized carbons (Fsp3) is 0.429. The lowest BCUT2D eigenvalue weighted by molar-refractivity contribution is -0.0786. The molecule has 138 valence electrons. The predicted molar refractivity (Wildman–Crippen MR) is 102 cm³/mol. The monoisotopic (exact) mass is 355 g/mol. The van der Waals surface area contributed by atoms with Crippen molar-refractivity contribution in [3.8, 4) is 5.75 Å². The van der Waals surface area contributed by atoms with E-state index in [1.807, 2.05) is 42.5 Å². The van der Waals surface area contributed by atoms with E-state index in [9.17, 15) is 5.11 Å². The minimum atomic E-state index is -0.538. The van der Waals surface area contributed by atoms with Gasteiger partial charge in [-0.25, -0.2) is 0 Å². The molecule has 3 atom stereocenters. The van der Waals surface area contributed by atoms with Gasteiger partial charge in [0.25, 0.3) is 0 Å². The summed E-state index contributed by atoms with van der Waals surface area (Å²) in [6, 6.07) is 13.8. The van der Waals surface area contributed by atoms with Crippen molar-refractivity contribution in [2.75, 3.05) is 26.2 Å². The molecule has 3 aromatic rings. The van der Waals surface area contributed by atoms with E-state index >= 15 is 0 Å². The van der Waals surface area contributed by atoms with E-state index in [1.165, 1.54) is 0 Å². The largest absolute Gasteiger partial charge is 0.491 e. The van der Waals surface area contributed by atoms with Crippen LogP contribution in [0.2, 0.25) is 0 Å².